The van der Waals surface area contributed by atoms with Crippen LogP contribution in [0.5, 0.6) is 0 Å². The number of nitrogens with one attached hydrogen (secondary N) is 2. The van der Waals surface area contributed by atoms with E-state index in [-0.39, 0.29) is 11.0 Å². The maximum absolute atomic E-state index is 12.2. The molecule has 0 saturated carbocycles. The lowest BCUT2D eigenvalue weighted by molar-refractivity contribution is -0.115. The first kappa shape index (κ1) is 18.3. The van der Waals surface area contributed by atoms with Gasteiger partial charge in [0.15, 0.2) is 5.11 Å². The highest BCUT2D eigenvalue weighted by molar-refractivity contribution is 7.80. The highest BCUT2D eigenvalue weighted by Crippen LogP contribution is 2.38. The van der Waals surface area contributed by atoms with Gasteiger partial charge in [0.1, 0.15) is 10.8 Å². The highest BCUT2D eigenvalue weighted by atomic mass is 32.1. The largest absolute Gasteiger partial charge is 0.465 e. The summed E-state index contributed by atoms with van der Waals surface area (Å²) < 4.78 is 10.0. The predicted molar refractivity (Wildman–Crippen MR) is 104 cm³/mol. The molecule has 0 aliphatic heterocycles. The predicted octanol–water partition coefficient (Wildman–Crippen LogP) is 3.53. The molecule has 0 radical (unpaired) electrons. The van der Waals surface area contributed by atoms with Crippen LogP contribution in [0.1, 0.15) is 39.4 Å². The van der Waals surface area contributed by atoms with Crippen LogP contribution in [-0.4, -0.2) is 24.1 Å². The zero-order valence-corrected chi connectivity index (χ0v) is 15.8. The number of thiophene rings is 1. The van der Waals surface area contributed by atoms with Gasteiger partial charge >= 0.3 is 5.97 Å². The van der Waals surface area contributed by atoms with Crippen LogP contribution in [0, 0.1) is 0 Å². The van der Waals surface area contributed by atoms with Crippen LogP contribution in [0.25, 0.3) is 6.08 Å². The van der Waals surface area contributed by atoms with Gasteiger partial charge in [0.05, 0.1) is 18.9 Å². The van der Waals surface area contributed by atoms with Gasteiger partial charge in [-0.25, -0.2) is 4.79 Å². The van der Waals surface area contributed by atoms with Crippen molar-refractivity contribution in [1.29, 1.82) is 0 Å². The molecule has 136 valence electrons. The molecule has 0 fully saturated rings. The summed E-state index contributed by atoms with van der Waals surface area (Å²) in [5.74, 6) is -0.212. The third kappa shape index (κ3) is 4.20. The molecule has 1 aliphatic rings. The van der Waals surface area contributed by atoms with Gasteiger partial charge in [0.25, 0.3) is 0 Å². The molecule has 0 bridgehead atoms. The Balaban J connectivity index is 1.70. The Labute approximate surface area is 160 Å². The molecule has 2 aromatic heterocycles. The van der Waals surface area contributed by atoms with Gasteiger partial charge in [-0.2, -0.15) is 0 Å². The standard InChI is InChI=1S/C18H18N2O4S2/c1-23-17(22)15-12-6-2-3-7-13(12)26-16(15)20-18(25)19-14(21)9-8-11-5-4-10-24-11/h4-5,8-10H,2-3,6-7H2,1H3,(H2,19,20,21,25). The second kappa shape index (κ2) is 8.29. The second-order valence-electron chi connectivity index (χ2n) is 5.70. The van der Waals surface area contributed by atoms with Crippen LogP contribution in [0.3, 0.4) is 0 Å². The lowest BCUT2D eigenvalue weighted by Crippen LogP contribution is -2.33. The lowest BCUT2D eigenvalue weighted by Gasteiger charge is -2.12. The van der Waals surface area contributed by atoms with Crippen molar-refractivity contribution in [2.24, 2.45) is 0 Å². The summed E-state index contributed by atoms with van der Waals surface area (Å²) in [4.78, 5) is 25.3. The zero-order chi connectivity index (χ0) is 18.5. The third-order valence-corrected chi connectivity index (χ3v) is 5.38. The van der Waals surface area contributed by atoms with Gasteiger partial charge < -0.3 is 14.5 Å². The number of furan rings is 1. The van der Waals surface area contributed by atoms with Crippen LogP contribution in [0.2, 0.25) is 0 Å². The summed E-state index contributed by atoms with van der Waals surface area (Å²) in [6.07, 6.45) is 8.34. The molecule has 0 unspecified atom stereocenters. The molecule has 26 heavy (non-hydrogen) atoms. The van der Waals surface area contributed by atoms with Gasteiger partial charge in [-0.15, -0.1) is 11.3 Å². The van der Waals surface area contributed by atoms with Gasteiger partial charge in [-0.3, -0.25) is 10.1 Å². The first-order valence-corrected chi connectivity index (χ1v) is 9.37. The number of fused-ring (bicyclic) bond motifs is 1. The monoisotopic (exact) mass is 390 g/mol. The van der Waals surface area contributed by atoms with Crippen LogP contribution < -0.4 is 10.6 Å². The Hall–Kier alpha value is -2.45. The summed E-state index contributed by atoms with van der Waals surface area (Å²) in [5.41, 5.74) is 1.55. The quantitative estimate of drug-likeness (QED) is 0.472. The molecule has 1 aliphatic carbocycles. The second-order valence-corrected chi connectivity index (χ2v) is 7.21. The number of amides is 1. The SMILES string of the molecule is COC(=O)c1c(NC(=S)NC(=O)C=Cc2ccco2)sc2c1CCCC2. The number of aryl methyl sites for hydroxylation is 1. The van der Waals surface area contributed by atoms with Gasteiger partial charge in [-0.05, 0) is 61.7 Å². The Morgan fingerprint density at radius 3 is 2.88 bits per heavy atom. The van der Waals surface area contributed by atoms with Crippen LogP contribution in [0.15, 0.2) is 28.9 Å². The Morgan fingerprint density at radius 2 is 2.15 bits per heavy atom. The number of hydrogen-bond donors (Lipinski definition) is 2. The molecule has 0 spiro atoms. The van der Waals surface area contributed by atoms with E-state index in [1.165, 1.54) is 35.7 Å². The third-order valence-electron chi connectivity index (χ3n) is 3.97. The van der Waals surface area contributed by atoms with Crippen molar-refractivity contribution in [1.82, 2.24) is 5.32 Å². The molecule has 8 heteroatoms. The van der Waals surface area contributed by atoms with E-state index in [9.17, 15) is 9.59 Å². The highest BCUT2D eigenvalue weighted by Gasteiger charge is 2.26. The van der Waals surface area contributed by atoms with E-state index in [2.05, 4.69) is 10.6 Å². The fraction of sp³-hybridized carbons (Fsp3) is 0.278. The molecular weight excluding hydrogens is 372 g/mol. The Kier molecular flexibility index (Phi) is 5.85. The minimum atomic E-state index is -0.390. The number of carbonyl (C=O) groups is 2. The fourth-order valence-corrected chi connectivity index (χ4v) is 4.35. The number of rotatable bonds is 4. The molecule has 2 aromatic rings. The van der Waals surface area contributed by atoms with E-state index < -0.39 is 5.97 Å². The van der Waals surface area contributed by atoms with Crippen molar-refractivity contribution < 1.29 is 18.7 Å². The van der Waals surface area contributed by atoms with Gasteiger partial charge in [0.2, 0.25) is 5.91 Å². The molecule has 6 nitrogen and oxygen atoms in total. The number of methoxy groups -OCH3 is 1. The van der Waals surface area contributed by atoms with Gasteiger partial charge in [-0.1, -0.05) is 0 Å². The number of esters is 1. The van der Waals surface area contributed by atoms with Crippen molar-refractivity contribution in [3.63, 3.8) is 0 Å². The van der Waals surface area contributed by atoms with Crippen molar-refractivity contribution in [2.75, 3.05) is 12.4 Å². The molecule has 0 saturated heterocycles. The topological polar surface area (TPSA) is 80.6 Å². The average Bonchev–Trinajstić information content (AvgIpc) is 3.26. The van der Waals surface area contributed by atoms with Crippen molar-refractivity contribution >= 4 is 51.6 Å². The van der Waals surface area contributed by atoms with Crippen molar-refractivity contribution in [3.05, 3.63) is 46.2 Å². The number of hydrogen-bond acceptors (Lipinski definition) is 6. The zero-order valence-electron chi connectivity index (χ0n) is 14.2. The molecule has 0 aromatic carbocycles. The van der Waals surface area contributed by atoms with Gasteiger partial charge in [0, 0.05) is 11.0 Å². The maximum atomic E-state index is 12.2. The van der Waals surface area contributed by atoms with E-state index in [4.69, 9.17) is 21.4 Å². The van der Waals surface area contributed by atoms with E-state index in [1.54, 1.807) is 18.2 Å². The van der Waals surface area contributed by atoms with E-state index in [0.717, 1.165) is 31.2 Å². The number of anilines is 1. The molecule has 2 heterocycles. The minimum absolute atomic E-state index is 0.128. The van der Waals surface area contributed by atoms with Crippen molar-refractivity contribution in [3.8, 4) is 0 Å². The lowest BCUT2D eigenvalue weighted by atomic mass is 9.95. The first-order valence-electron chi connectivity index (χ1n) is 8.15. The number of carbonyl (C=O) groups excluding carboxylic acids is 2. The summed E-state index contributed by atoms with van der Waals surface area (Å²) in [6, 6.07) is 3.47. The normalized spacial score (nSPS) is 13.3. The maximum Gasteiger partial charge on any atom is 0.341 e. The molecular formula is C18H18N2O4S2. The number of ether oxygens (including phenoxy) is 1. The molecule has 3 rings (SSSR count). The Bertz CT molecular complexity index is 853. The Morgan fingerprint density at radius 1 is 1.35 bits per heavy atom. The summed E-state index contributed by atoms with van der Waals surface area (Å²) in [5, 5.41) is 6.27. The van der Waals surface area contributed by atoms with E-state index >= 15 is 0 Å². The smallest absolute Gasteiger partial charge is 0.341 e. The summed E-state index contributed by atoms with van der Waals surface area (Å²) >= 11 is 6.69. The summed E-state index contributed by atoms with van der Waals surface area (Å²) in [7, 11) is 1.36. The van der Waals surface area contributed by atoms with Crippen LogP contribution in [-0.2, 0) is 22.4 Å². The first-order chi connectivity index (χ1) is 12.6. The molecule has 1 amide bonds. The van der Waals surface area contributed by atoms with E-state index in [0.29, 0.717) is 16.3 Å². The van der Waals surface area contributed by atoms with E-state index in [1.807, 2.05) is 0 Å². The average molecular weight is 390 g/mol. The fourth-order valence-electron chi connectivity index (χ4n) is 2.80. The van der Waals surface area contributed by atoms with Crippen LogP contribution >= 0.6 is 23.6 Å². The summed E-state index contributed by atoms with van der Waals surface area (Å²) in [6.45, 7) is 0. The number of thiocarbonyl (C=S) groups is 1. The van der Waals surface area contributed by atoms with Crippen LogP contribution in [0.4, 0.5) is 5.00 Å². The minimum Gasteiger partial charge on any atom is -0.465 e. The molecule has 2 N–H and O–H groups in total. The molecule has 0 atom stereocenters. The van der Waals surface area contributed by atoms with Crippen molar-refractivity contribution in [2.45, 2.75) is 25.7 Å².